The first kappa shape index (κ1) is 15.5. The third kappa shape index (κ3) is 4.03. The molecule has 0 amide bonds. The van der Waals surface area contributed by atoms with Gasteiger partial charge in [0.15, 0.2) is 0 Å². The molecule has 1 aliphatic rings. The van der Waals surface area contributed by atoms with E-state index in [0.29, 0.717) is 6.04 Å². The second-order valence-corrected chi connectivity index (χ2v) is 5.96. The molecule has 2 unspecified atom stereocenters. The van der Waals surface area contributed by atoms with Gasteiger partial charge in [-0.25, -0.2) is 0 Å². The summed E-state index contributed by atoms with van der Waals surface area (Å²) in [6.45, 7) is 9.79. The van der Waals surface area contributed by atoms with Gasteiger partial charge in [-0.05, 0) is 51.3 Å². The van der Waals surface area contributed by atoms with Gasteiger partial charge < -0.3 is 5.32 Å². The lowest BCUT2D eigenvalue weighted by Crippen LogP contribution is -2.33. The Balaban J connectivity index is 1.96. The van der Waals surface area contributed by atoms with Crippen LogP contribution in [-0.2, 0) is 13.1 Å². The van der Waals surface area contributed by atoms with Gasteiger partial charge in [0.2, 0.25) is 0 Å². The molecule has 1 aliphatic heterocycles. The number of nitrogens with zero attached hydrogens (tertiary/aromatic N) is 2. The van der Waals surface area contributed by atoms with Crippen LogP contribution in [0.15, 0.2) is 18.2 Å². The maximum atomic E-state index is 4.81. The van der Waals surface area contributed by atoms with Gasteiger partial charge in [0.25, 0.3) is 0 Å². The summed E-state index contributed by atoms with van der Waals surface area (Å²) >= 11 is 0. The molecule has 1 saturated heterocycles. The fraction of sp³-hybridized carbons (Fsp3) is 0.706. The van der Waals surface area contributed by atoms with Crippen molar-refractivity contribution in [3.8, 4) is 0 Å². The number of nitrogens with one attached hydrogen (secondary N) is 1. The lowest BCUT2D eigenvalue weighted by atomic mass is 10.1. The van der Waals surface area contributed by atoms with Gasteiger partial charge in [-0.3, -0.25) is 9.88 Å². The Hall–Kier alpha value is -0.930. The molecule has 20 heavy (non-hydrogen) atoms. The van der Waals surface area contributed by atoms with Gasteiger partial charge in [0.05, 0.1) is 11.4 Å². The maximum Gasteiger partial charge on any atom is 0.0548 e. The summed E-state index contributed by atoms with van der Waals surface area (Å²) in [5, 5.41) is 3.42. The molecule has 1 aromatic heterocycles. The van der Waals surface area contributed by atoms with Crippen LogP contribution in [-0.4, -0.2) is 28.5 Å². The third-order valence-corrected chi connectivity index (χ3v) is 4.37. The Morgan fingerprint density at radius 2 is 2.05 bits per heavy atom. The average Bonchev–Trinajstić information content (AvgIpc) is 2.80. The number of aromatic nitrogens is 1. The summed E-state index contributed by atoms with van der Waals surface area (Å²) in [6, 6.07) is 7.88. The first-order valence-electron chi connectivity index (χ1n) is 8.15. The second-order valence-electron chi connectivity index (χ2n) is 5.96. The van der Waals surface area contributed by atoms with E-state index in [1.165, 1.54) is 31.4 Å². The van der Waals surface area contributed by atoms with Crippen molar-refractivity contribution in [1.82, 2.24) is 15.2 Å². The highest BCUT2D eigenvalue weighted by Gasteiger charge is 2.29. The van der Waals surface area contributed by atoms with E-state index in [1.807, 2.05) is 0 Å². The van der Waals surface area contributed by atoms with Crippen LogP contribution in [0.3, 0.4) is 0 Å². The van der Waals surface area contributed by atoms with Crippen molar-refractivity contribution in [2.45, 2.75) is 71.6 Å². The smallest absolute Gasteiger partial charge is 0.0548 e. The van der Waals surface area contributed by atoms with E-state index in [1.54, 1.807) is 0 Å². The number of hydrogen-bond donors (Lipinski definition) is 1. The maximum absolute atomic E-state index is 4.81. The minimum atomic E-state index is 0.698. The Bertz CT molecular complexity index is 405. The predicted octanol–water partition coefficient (Wildman–Crippen LogP) is 3.34. The number of hydrogen-bond acceptors (Lipinski definition) is 3. The molecule has 0 aliphatic carbocycles. The van der Waals surface area contributed by atoms with Crippen molar-refractivity contribution >= 4 is 0 Å². The van der Waals surface area contributed by atoms with Crippen molar-refractivity contribution in [1.29, 1.82) is 0 Å². The molecule has 3 heteroatoms. The standard InChI is InChI=1S/C17H29N3/c1-4-11-18-12-15-7-6-8-16(19-15)13-20-14(3)9-10-17(20)5-2/h6-8,14,17-18H,4-5,9-13H2,1-3H3. The quantitative estimate of drug-likeness (QED) is 0.774. The predicted molar refractivity (Wildman–Crippen MR) is 84.6 cm³/mol. The highest BCUT2D eigenvalue weighted by molar-refractivity contribution is 5.11. The molecule has 112 valence electrons. The molecule has 0 aromatic carbocycles. The molecule has 0 radical (unpaired) electrons. The molecule has 0 saturated carbocycles. The summed E-state index contributed by atoms with van der Waals surface area (Å²) in [7, 11) is 0. The minimum Gasteiger partial charge on any atom is -0.311 e. The molecule has 0 bridgehead atoms. The summed E-state index contributed by atoms with van der Waals surface area (Å²) in [5.74, 6) is 0. The van der Waals surface area contributed by atoms with Crippen LogP contribution in [0.25, 0.3) is 0 Å². The Kier molecular flexibility index (Phi) is 5.99. The van der Waals surface area contributed by atoms with Crippen LogP contribution in [0.4, 0.5) is 0 Å². The van der Waals surface area contributed by atoms with E-state index < -0.39 is 0 Å². The van der Waals surface area contributed by atoms with Crippen LogP contribution in [0.1, 0.15) is 57.8 Å². The lowest BCUT2D eigenvalue weighted by Gasteiger charge is -2.27. The van der Waals surface area contributed by atoms with Gasteiger partial charge in [0.1, 0.15) is 0 Å². The summed E-state index contributed by atoms with van der Waals surface area (Å²) in [5.41, 5.74) is 2.38. The van der Waals surface area contributed by atoms with E-state index in [-0.39, 0.29) is 0 Å². The summed E-state index contributed by atoms with van der Waals surface area (Å²) < 4.78 is 0. The van der Waals surface area contributed by atoms with Crippen LogP contribution < -0.4 is 5.32 Å². The minimum absolute atomic E-state index is 0.698. The molecule has 1 fully saturated rings. The molecular weight excluding hydrogens is 246 g/mol. The monoisotopic (exact) mass is 275 g/mol. The highest BCUT2D eigenvalue weighted by Crippen LogP contribution is 2.27. The lowest BCUT2D eigenvalue weighted by molar-refractivity contribution is 0.187. The van der Waals surface area contributed by atoms with Crippen LogP contribution in [0.5, 0.6) is 0 Å². The molecule has 2 heterocycles. The highest BCUT2D eigenvalue weighted by atomic mass is 15.2. The molecule has 3 nitrogen and oxygen atoms in total. The summed E-state index contributed by atoms with van der Waals surface area (Å²) in [6.07, 6.45) is 5.09. The van der Waals surface area contributed by atoms with Crippen molar-refractivity contribution in [3.05, 3.63) is 29.6 Å². The van der Waals surface area contributed by atoms with E-state index in [0.717, 1.165) is 31.4 Å². The van der Waals surface area contributed by atoms with Crippen LogP contribution in [0, 0.1) is 0 Å². The van der Waals surface area contributed by atoms with E-state index >= 15 is 0 Å². The average molecular weight is 275 g/mol. The van der Waals surface area contributed by atoms with Crippen molar-refractivity contribution in [3.63, 3.8) is 0 Å². The fourth-order valence-electron chi connectivity index (χ4n) is 3.14. The second kappa shape index (κ2) is 7.75. The SMILES string of the molecule is CCCNCc1cccc(CN2C(C)CCC2CC)n1. The molecule has 1 aromatic rings. The van der Waals surface area contributed by atoms with Crippen molar-refractivity contribution in [2.24, 2.45) is 0 Å². The molecule has 2 rings (SSSR count). The molecular formula is C17H29N3. The molecule has 2 atom stereocenters. The van der Waals surface area contributed by atoms with E-state index in [9.17, 15) is 0 Å². The largest absolute Gasteiger partial charge is 0.311 e. The number of rotatable bonds is 7. The Morgan fingerprint density at radius 3 is 2.80 bits per heavy atom. The zero-order valence-corrected chi connectivity index (χ0v) is 13.2. The number of pyridine rings is 1. The van der Waals surface area contributed by atoms with Gasteiger partial charge in [-0.15, -0.1) is 0 Å². The Morgan fingerprint density at radius 1 is 1.25 bits per heavy atom. The molecule has 0 spiro atoms. The van der Waals surface area contributed by atoms with E-state index in [4.69, 9.17) is 4.98 Å². The zero-order valence-electron chi connectivity index (χ0n) is 13.2. The van der Waals surface area contributed by atoms with Gasteiger partial charge in [-0.1, -0.05) is 19.9 Å². The van der Waals surface area contributed by atoms with Crippen LogP contribution in [0.2, 0.25) is 0 Å². The van der Waals surface area contributed by atoms with Crippen molar-refractivity contribution < 1.29 is 0 Å². The fourth-order valence-corrected chi connectivity index (χ4v) is 3.14. The Labute approximate surface area is 123 Å². The van der Waals surface area contributed by atoms with E-state index in [2.05, 4.69) is 49.2 Å². The number of likely N-dealkylation sites (tertiary alicyclic amines) is 1. The van der Waals surface area contributed by atoms with Gasteiger partial charge in [0, 0.05) is 25.2 Å². The topological polar surface area (TPSA) is 28.2 Å². The zero-order chi connectivity index (χ0) is 14.4. The third-order valence-electron chi connectivity index (χ3n) is 4.37. The van der Waals surface area contributed by atoms with Crippen molar-refractivity contribution in [2.75, 3.05) is 6.54 Å². The van der Waals surface area contributed by atoms with Gasteiger partial charge >= 0.3 is 0 Å². The summed E-state index contributed by atoms with van der Waals surface area (Å²) in [4.78, 5) is 7.44. The first-order chi connectivity index (χ1) is 9.74. The molecule has 1 N–H and O–H groups in total. The first-order valence-corrected chi connectivity index (χ1v) is 8.15. The normalized spacial score (nSPS) is 23.4. The van der Waals surface area contributed by atoms with Crippen LogP contribution >= 0.6 is 0 Å². The van der Waals surface area contributed by atoms with Gasteiger partial charge in [-0.2, -0.15) is 0 Å².